The predicted molar refractivity (Wildman–Crippen MR) is 117 cm³/mol. The van der Waals surface area contributed by atoms with Crippen molar-refractivity contribution in [3.8, 4) is 17.2 Å². The SMILES string of the molecule is CCOc1ccc(N=C2S/C(=C/c3ccc(OC)cc3O)C(O)=C2C(=O)OC)cc1. The number of methoxy groups -OCH3 is 2. The predicted octanol–water partition coefficient (Wildman–Crippen LogP) is 4.60. The van der Waals surface area contributed by atoms with Gasteiger partial charge in [0.1, 0.15) is 33.6 Å². The summed E-state index contributed by atoms with van der Waals surface area (Å²) in [5.74, 6) is 0.231. The molecule has 0 bridgehead atoms. The topological polar surface area (TPSA) is 97.6 Å². The summed E-state index contributed by atoms with van der Waals surface area (Å²) in [6.07, 6.45) is 1.57. The molecule has 0 spiro atoms. The first-order valence-electron chi connectivity index (χ1n) is 9.07. The van der Waals surface area contributed by atoms with Crippen molar-refractivity contribution in [2.45, 2.75) is 6.92 Å². The van der Waals surface area contributed by atoms with Crippen LogP contribution in [0.4, 0.5) is 5.69 Å². The van der Waals surface area contributed by atoms with Crippen molar-refractivity contribution in [1.82, 2.24) is 0 Å². The molecule has 8 heteroatoms. The van der Waals surface area contributed by atoms with E-state index >= 15 is 0 Å². The summed E-state index contributed by atoms with van der Waals surface area (Å²) in [5.41, 5.74) is 1.01. The molecule has 3 rings (SSSR count). The molecule has 0 fully saturated rings. The van der Waals surface area contributed by atoms with E-state index < -0.39 is 5.97 Å². The maximum atomic E-state index is 12.3. The molecule has 30 heavy (non-hydrogen) atoms. The number of hydrogen-bond donors (Lipinski definition) is 2. The van der Waals surface area contributed by atoms with E-state index in [1.807, 2.05) is 6.92 Å². The van der Waals surface area contributed by atoms with Gasteiger partial charge < -0.3 is 24.4 Å². The smallest absolute Gasteiger partial charge is 0.344 e. The highest BCUT2D eigenvalue weighted by atomic mass is 32.2. The van der Waals surface area contributed by atoms with Crippen LogP contribution in [0.2, 0.25) is 0 Å². The number of thioether (sulfide) groups is 1. The van der Waals surface area contributed by atoms with Crippen LogP contribution in [0.1, 0.15) is 12.5 Å². The number of carbonyl (C=O) groups excluding carboxylic acids is 1. The second-order valence-corrected chi connectivity index (χ2v) is 7.13. The van der Waals surface area contributed by atoms with E-state index in [4.69, 9.17) is 14.2 Å². The molecule has 0 unspecified atom stereocenters. The zero-order valence-electron chi connectivity index (χ0n) is 16.7. The van der Waals surface area contributed by atoms with Gasteiger partial charge in [-0.05, 0) is 49.4 Å². The maximum Gasteiger partial charge on any atom is 0.344 e. The Morgan fingerprint density at radius 1 is 1.10 bits per heavy atom. The second kappa shape index (κ2) is 9.41. The van der Waals surface area contributed by atoms with Gasteiger partial charge in [-0.15, -0.1) is 0 Å². The minimum atomic E-state index is -0.702. The Kier molecular flexibility index (Phi) is 6.68. The van der Waals surface area contributed by atoms with Gasteiger partial charge in [-0.25, -0.2) is 9.79 Å². The molecule has 0 saturated heterocycles. The van der Waals surface area contributed by atoms with Crippen molar-refractivity contribution >= 4 is 34.5 Å². The third kappa shape index (κ3) is 4.60. The summed E-state index contributed by atoms with van der Waals surface area (Å²) in [6.45, 7) is 2.45. The van der Waals surface area contributed by atoms with Gasteiger partial charge in [0, 0.05) is 11.6 Å². The van der Waals surface area contributed by atoms with Crippen LogP contribution in [-0.4, -0.2) is 42.1 Å². The zero-order chi connectivity index (χ0) is 21.7. The van der Waals surface area contributed by atoms with E-state index in [1.54, 1.807) is 42.5 Å². The molecule has 0 saturated carbocycles. The Morgan fingerprint density at radius 2 is 1.80 bits per heavy atom. The third-order valence-corrected chi connectivity index (χ3v) is 5.20. The Balaban J connectivity index is 1.98. The maximum absolute atomic E-state index is 12.3. The van der Waals surface area contributed by atoms with Crippen LogP contribution in [0.3, 0.4) is 0 Å². The Morgan fingerprint density at radius 3 is 2.40 bits per heavy atom. The van der Waals surface area contributed by atoms with Crippen LogP contribution < -0.4 is 9.47 Å². The van der Waals surface area contributed by atoms with E-state index in [0.717, 1.165) is 11.8 Å². The highest BCUT2D eigenvalue weighted by Gasteiger charge is 2.33. The van der Waals surface area contributed by atoms with Crippen LogP contribution in [0.15, 0.2) is 63.7 Å². The van der Waals surface area contributed by atoms with Crippen molar-refractivity contribution in [2.24, 2.45) is 4.99 Å². The average molecular weight is 427 g/mol. The highest BCUT2D eigenvalue weighted by Crippen LogP contribution is 2.41. The van der Waals surface area contributed by atoms with Crippen molar-refractivity contribution < 1.29 is 29.2 Å². The third-order valence-electron chi connectivity index (χ3n) is 4.18. The number of nitrogens with zero attached hydrogens (tertiary/aromatic N) is 1. The summed E-state index contributed by atoms with van der Waals surface area (Å²) in [7, 11) is 2.74. The van der Waals surface area contributed by atoms with Crippen molar-refractivity contribution in [1.29, 1.82) is 0 Å². The molecular weight excluding hydrogens is 406 g/mol. The number of aliphatic imine (C=N–C) groups is 1. The number of ether oxygens (including phenoxy) is 3. The lowest BCUT2D eigenvalue weighted by molar-refractivity contribution is -0.135. The first-order valence-corrected chi connectivity index (χ1v) is 9.88. The summed E-state index contributed by atoms with van der Waals surface area (Å²) in [6, 6.07) is 11.8. The lowest BCUT2D eigenvalue weighted by Crippen LogP contribution is -2.10. The van der Waals surface area contributed by atoms with Crippen LogP contribution >= 0.6 is 11.8 Å². The van der Waals surface area contributed by atoms with Gasteiger partial charge in [0.05, 0.1) is 31.4 Å². The molecule has 156 valence electrons. The number of benzene rings is 2. The monoisotopic (exact) mass is 427 g/mol. The van der Waals surface area contributed by atoms with Gasteiger partial charge >= 0.3 is 5.97 Å². The molecule has 0 atom stereocenters. The van der Waals surface area contributed by atoms with Crippen LogP contribution in [0, 0.1) is 0 Å². The lowest BCUT2D eigenvalue weighted by Gasteiger charge is -2.04. The summed E-state index contributed by atoms with van der Waals surface area (Å²) in [5, 5.41) is 21.1. The molecule has 7 nitrogen and oxygen atoms in total. The first kappa shape index (κ1) is 21.3. The number of hydrogen-bond acceptors (Lipinski definition) is 8. The van der Waals surface area contributed by atoms with Crippen LogP contribution in [-0.2, 0) is 9.53 Å². The number of phenolic OH excluding ortho intramolecular Hbond substituents is 1. The van der Waals surface area contributed by atoms with Gasteiger partial charge in [0.25, 0.3) is 0 Å². The minimum absolute atomic E-state index is 0.0215. The molecule has 0 amide bonds. The summed E-state index contributed by atoms with van der Waals surface area (Å²) >= 11 is 1.11. The lowest BCUT2D eigenvalue weighted by atomic mass is 10.1. The highest BCUT2D eigenvalue weighted by molar-refractivity contribution is 8.18. The fourth-order valence-corrected chi connectivity index (χ4v) is 3.73. The van der Waals surface area contributed by atoms with Gasteiger partial charge in [0.15, 0.2) is 0 Å². The van der Waals surface area contributed by atoms with Gasteiger partial charge in [-0.1, -0.05) is 11.8 Å². The van der Waals surface area contributed by atoms with Gasteiger partial charge in [-0.3, -0.25) is 0 Å². The normalized spacial score (nSPS) is 16.2. The van der Waals surface area contributed by atoms with Gasteiger partial charge in [-0.2, -0.15) is 0 Å². The van der Waals surface area contributed by atoms with E-state index in [2.05, 4.69) is 4.99 Å². The average Bonchev–Trinajstić information content (AvgIpc) is 3.05. The number of carbonyl (C=O) groups is 1. The van der Waals surface area contributed by atoms with E-state index in [9.17, 15) is 15.0 Å². The standard InChI is InChI=1S/C22H21NO6S/c1-4-29-15-9-6-14(7-10-15)23-21-19(22(26)28-3)20(25)18(30-21)11-13-5-8-16(27-2)12-17(13)24/h5-12,24-25H,4H2,1-3H3/b18-11+,23-21?. The molecule has 1 heterocycles. The second-order valence-electron chi connectivity index (χ2n) is 6.09. The molecule has 0 aliphatic carbocycles. The largest absolute Gasteiger partial charge is 0.507 e. The molecule has 0 radical (unpaired) electrons. The first-order chi connectivity index (χ1) is 14.5. The fourth-order valence-electron chi connectivity index (χ4n) is 2.71. The number of phenols is 1. The van der Waals surface area contributed by atoms with Crippen molar-refractivity contribution in [2.75, 3.05) is 20.8 Å². The van der Waals surface area contributed by atoms with E-state index in [-0.39, 0.29) is 17.1 Å². The van der Waals surface area contributed by atoms with Crippen molar-refractivity contribution in [3.63, 3.8) is 0 Å². The Bertz CT molecular complexity index is 1040. The number of rotatable bonds is 6. The molecule has 0 aromatic heterocycles. The number of aliphatic hydroxyl groups is 1. The Hall–Kier alpha value is -3.39. The Labute approximate surface area is 178 Å². The fraction of sp³-hybridized carbons (Fsp3) is 0.182. The number of esters is 1. The van der Waals surface area contributed by atoms with Gasteiger partial charge in [0.2, 0.25) is 0 Å². The summed E-state index contributed by atoms with van der Waals surface area (Å²) in [4.78, 5) is 17.1. The quantitative estimate of drug-likeness (QED) is 0.650. The number of aromatic hydroxyl groups is 1. The molecule has 2 aromatic carbocycles. The number of aliphatic hydroxyl groups excluding tert-OH is 1. The molecule has 1 aliphatic heterocycles. The van der Waals surface area contributed by atoms with Crippen LogP contribution in [0.5, 0.6) is 17.2 Å². The molecule has 2 aromatic rings. The molecule has 2 N–H and O–H groups in total. The van der Waals surface area contributed by atoms with E-state index in [1.165, 1.54) is 20.3 Å². The summed E-state index contributed by atoms with van der Waals surface area (Å²) < 4.78 is 15.3. The van der Waals surface area contributed by atoms with Crippen molar-refractivity contribution in [3.05, 3.63) is 64.3 Å². The van der Waals surface area contributed by atoms with E-state index in [0.29, 0.717) is 39.3 Å². The zero-order valence-corrected chi connectivity index (χ0v) is 17.5. The molecular formula is C22H21NO6S. The molecule has 1 aliphatic rings. The minimum Gasteiger partial charge on any atom is -0.507 e. The van der Waals surface area contributed by atoms with Crippen LogP contribution in [0.25, 0.3) is 6.08 Å².